The lowest BCUT2D eigenvalue weighted by molar-refractivity contribution is 0.0481. The molecule has 1 aromatic carbocycles. The van der Waals surface area contributed by atoms with Crippen molar-refractivity contribution < 1.29 is 9.13 Å². The fourth-order valence-electron chi connectivity index (χ4n) is 1.46. The highest BCUT2D eigenvalue weighted by molar-refractivity contribution is 5.21. The Kier molecular flexibility index (Phi) is 5.43. The van der Waals surface area contributed by atoms with Crippen LogP contribution in [0.15, 0.2) is 24.3 Å². The van der Waals surface area contributed by atoms with Gasteiger partial charge in [0.25, 0.3) is 0 Å². The van der Waals surface area contributed by atoms with Crippen molar-refractivity contribution >= 4 is 0 Å². The average molecular weight is 225 g/mol. The van der Waals surface area contributed by atoms with Crippen molar-refractivity contribution in [3.05, 3.63) is 35.6 Å². The van der Waals surface area contributed by atoms with Crippen LogP contribution >= 0.6 is 0 Å². The van der Waals surface area contributed by atoms with Crippen molar-refractivity contribution in [2.75, 3.05) is 13.7 Å². The van der Waals surface area contributed by atoms with E-state index >= 15 is 0 Å². The first-order valence-electron chi connectivity index (χ1n) is 5.72. The lowest BCUT2D eigenvalue weighted by Crippen LogP contribution is -2.25. The second kappa shape index (κ2) is 6.61. The van der Waals surface area contributed by atoms with E-state index in [9.17, 15) is 4.39 Å². The van der Waals surface area contributed by atoms with Gasteiger partial charge in [0.1, 0.15) is 5.82 Å². The summed E-state index contributed by atoms with van der Waals surface area (Å²) in [7, 11) is 1.82. The van der Waals surface area contributed by atoms with Crippen LogP contribution in [0.25, 0.3) is 0 Å². The van der Waals surface area contributed by atoms with Gasteiger partial charge in [0.15, 0.2) is 0 Å². The van der Waals surface area contributed by atoms with Crippen LogP contribution in [0.4, 0.5) is 4.39 Å². The molecule has 0 amide bonds. The molecule has 3 heteroatoms. The Morgan fingerprint density at radius 2 is 2.06 bits per heavy atom. The van der Waals surface area contributed by atoms with E-state index in [4.69, 9.17) is 4.74 Å². The van der Waals surface area contributed by atoms with Crippen LogP contribution in [0.1, 0.15) is 31.9 Å². The second-order valence-corrected chi connectivity index (χ2v) is 3.91. The maximum absolute atomic E-state index is 13.5. The largest absolute Gasteiger partial charge is 0.377 e. The average Bonchev–Trinajstić information content (AvgIpc) is 2.31. The lowest BCUT2D eigenvalue weighted by atomic mass is 10.1. The van der Waals surface area contributed by atoms with Gasteiger partial charge in [0.2, 0.25) is 0 Å². The summed E-state index contributed by atoms with van der Waals surface area (Å²) in [5.41, 5.74) is 0.660. The number of benzene rings is 1. The Morgan fingerprint density at radius 1 is 1.38 bits per heavy atom. The molecule has 2 nitrogen and oxygen atoms in total. The minimum atomic E-state index is -0.186. The smallest absolute Gasteiger partial charge is 0.128 e. The van der Waals surface area contributed by atoms with Crippen molar-refractivity contribution in [2.24, 2.45) is 0 Å². The van der Waals surface area contributed by atoms with Crippen molar-refractivity contribution in [3.8, 4) is 0 Å². The molecule has 0 aliphatic heterocycles. The second-order valence-electron chi connectivity index (χ2n) is 3.91. The van der Waals surface area contributed by atoms with Crippen LogP contribution in [0, 0.1) is 5.82 Å². The van der Waals surface area contributed by atoms with Crippen LogP contribution < -0.4 is 5.32 Å². The third-order valence-electron chi connectivity index (χ3n) is 2.75. The lowest BCUT2D eigenvalue weighted by Gasteiger charge is -2.19. The predicted octanol–water partition coefficient (Wildman–Crippen LogP) is 2.90. The molecule has 1 rings (SSSR count). The van der Waals surface area contributed by atoms with Crippen molar-refractivity contribution in [1.29, 1.82) is 0 Å². The van der Waals surface area contributed by atoms with Crippen LogP contribution in [0.5, 0.6) is 0 Å². The maximum Gasteiger partial charge on any atom is 0.128 e. The van der Waals surface area contributed by atoms with E-state index < -0.39 is 0 Å². The molecule has 0 aliphatic carbocycles. The number of nitrogens with one attached hydrogen (secondary N) is 1. The Morgan fingerprint density at radius 3 is 2.62 bits per heavy atom. The zero-order valence-corrected chi connectivity index (χ0v) is 10.2. The molecule has 0 aliphatic rings. The van der Waals surface area contributed by atoms with Gasteiger partial charge in [-0.25, -0.2) is 4.39 Å². The van der Waals surface area contributed by atoms with E-state index in [0.29, 0.717) is 12.2 Å². The number of ether oxygens (including phenoxy) is 1. The number of hydrogen-bond donors (Lipinski definition) is 1. The summed E-state index contributed by atoms with van der Waals surface area (Å²) in [5.74, 6) is -0.186. The van der Waals surface area contributed by atoms with Crippen molar-refractivity contribution in [2.45, 2.75) is 32.4 Å². The quantitative estimate of drug-likeness (QED) is 0.803. The number of halogens is 1. The third kappa shape index (κ3) is 3.58. The SMILES string of the molecule is CCC(C)OCC(NC)c1ccccc1F. The van der Waals surface area contributed by atoms with Gasteiger partial charge < -0.3 is 10.1 Å². The van der Waals surface area contributed by atoms with E-state index in [1.165, 1.54) is 6.07 Å². The summed E-state index contributed by atoms with van der Waals surface area (Å²) in [4.78, 5) is 0. The fraction of sp³-hybridized carbons (Fsp3) is 0.538. The van der Waals surface area contributed by atoms with Gasteiger partial charge in [0, 0.05) is 5.56 Å². The molecule has 1 aromatic rings. The summed E-state index contributed by atoms with van der Waals surface area (Å²) in [6, 6.07) is 6.71. The molecule has 90 valence electrons. The van der Waals surface area contributed by atoms with Crippen LogP contribution in [0.3, 0.4) is 0 Å². The number of likely N-dealkylation sites (N-methyl/N-ethyl adjacent to an activating group) is 1. The van der Waals surface area contributed by atoms with E-state index in [1.807, 2.05) is 20.0 Å². The molecule has 2 atom stereocenters. The molecule has 0 aromatic heterocycles. The van der Waals surface area contributed by atoms with Gasteiger partial charge in [-0.3, -0.25) is 0 Å². The maximum atomic E-state index is 13.5. The molecule has 0 heterocycles. The highest BCUT2D eigenvalue weighted by Gasteiger charge is 2.14. The zero-order valence-electron chi connectivity index (χ0n) is 10.2. The Bertz CT molecular complexity index is 317. The molecule has 16 heavy (non-hydrogen) atoms. The normalized spacial score (nSPS) is 14.8. The predicted molar refractivity (Wildman–Crippen MR) is 63.9 cm³/mol. The standard InChI is InChI=1S/C13H20FNO/c1-4-10(2)16-9-13(15-3)11-7-5-6-8-12(11)14/h5-8,10,13,15H,4,9H2,1-3H3. The number of hydrogen-bond acceptors (Lipinski definition) is 2. The van der Waals surface area contributed by atoms with Gasteiger partial charge in [-0.15, -0.1) is 0 Å². The summed E-state index contributed by atoms with van der Waals surface area (Å²) in [6.07, 6.45) is 1.18. The van der Waals surface area contributed by atoms with Crippen molar-refractivity contribution in [3.63, 3.8) is 0 Å². The molecule has 0 bridgehead atoms. The molecule has 0 fully saturated rings. The highest BCUT2D eigenvalue weighted by atomic mass is 19.1. The van der Waals surface area contributed by atoms with Crippen LogP contribution in [0.2, 0.25) is 0 Å². The topological polar surface area (TPSA) is 21.3 Å². The van der Waals surface area contributed by atoms with Crippen LogP contribution in [-0.4, -0.2) is 19.8 Å². The first kappa shape index (κ1) is 13.1. The molecular weight excluding hydrogens is 205 g/mol. The van der Waals surface area contributed by atoms with Gasteiger partial charge in [-0.1, -0.05) is 25.1 Å². The first-order valence-corrected chi connectivity index (χ1v) is 5.72. The third-order valence-corrected chi connectivity index (χ3v) is 2.75. The molecule has 0 radical (unpaired) electrons. The van der Waals surface area contributed by atoms with Gasteiger partial charge in [-0.2, -0.15) is 0 Å². The van der Waals surface area contributed by atoms with Gasteiger partial charge >= 0.3 is 0 Å². The molecular formula is C13H20FNO. The van der Waals surface area contributed by atoms with E-state index in [2.05, 4.69) is 12.2 Å². The Balaban J connectivity index is 2.64. The minimum Gasteiger partial charge on any atom is -0.377 e. The molecule has 1 N–H and O–H groups in total. The van der Waals surface area contributed by atoms with E-state index in [1.54, 1.807) is 12.1 Å². The van der Waals surface area contributed by atoms with E-state index in [-0.39, 0.29) is 18.0 Å². The summed E-state index contributed by atoms with van der Waals surface area (Å²) < 4.78 is 19.2. The first-order chi connectivity index (χ1) is 7.69. The van der Waals surface area contributed by atoms with Gasteiger partial charge in [-0.05, 0) is 26.5 Å². The minimum absolute atomic E-state index is 0.0878. The zero-order chi connectivity index (χ0) is 12.0. The van der Waals surface area contributed by atoms with E-state index in [0.717, 1.165) is 6.42 Å². The molecule has 0 saturated heterocycles. The Labute approximate surface area is 96.8 Å². The summed E-state index contributed by atoms with van der Waals surface area (Å²) in [5, 5.41) is 3.07. The summed E-state index contributed by atoms with van der Waals surface area (Å²) >= 11 is 0. The van der Waals surface area contributed by atoms with Gasteiger partial charge in [0.05, 0.1) is 18.8 Å². The Hall–Kier alpha value is -0.930. The van der Waals surface area contributed by atoms with Crippen molar-refractivity contribution in [1.82, 2.24) is 5.32 Å². The molecule has 2 unspecified atom stereocenters. The van der Waals surface area contributed by atoms with Crippen LogP contribution in [-0.2, 0) is 4.74 Å². The number of rotatable bonds is 6. The molecule has 0 saturated carbocycles. The molecule has 0 spiro atoms. The summed E-state index contributed by atoms with van der Waals surface area (Å²) in [6.45, 7) is 4.59. The monoisotopic (exact) mass is 225 g/mol. The highest BCUT2D eigenvalue weighted by Crippen LogP contribution is 2.17. The fourth-order valence-corrected chi connectivity index (χ4v) is 1.46.